The van der Waals surface area contributed by atoms with Crippen LogP contribution >= 0.6 is 11.3 Å². The van der Waals surface area contributed by atoms with Gasteiger partial charge in [0.15, 0.2) is 0 Å². The zero-order valence-electron chi connectivity index (χ0n) is 23.9. The van der Waals surface area contributed by atoms with Gasteiger partial charge in [0.2, 0.25) is 5.91 Å². The van der Waals surface area contributed by atoms with Crippen molar-refractivity contribution in [2.75, 3.05) is 18.0 Å². The highest BCUT2D eigenvalue weighted by Gasteiger charge is 2.43. The van der Waals surface area contributed by atoms with Gasteiger partial charge in [0.05, 0.1) is 5.56 Å². The maximum Gasteiger partial charge on any atom is 0.291 e. The molecule has 10 heteroatoms. The van der Waals surface area contributed by atoms with Gasteiger partial charge in [-0.3, -0.25) is 19.2 Å². The predicted octanol–water partition coefficient (Wildman–Crippen LogP) is 5.39. The van der Waals surface area contributed by atoms with E-state index in [0.717, 1.165) is 49.0 Å². The van der Waals surface area contributed by atoms with E-state index in [1.165, 1.54) is 30.4 Å². The normalized spacial score (nSPS) is 16.0. The van der Waals surface area contributed by atoms with E-state index < -0.39 is 23.6 Å². The molecule has 0 saturated carbocycles. The molecule has 0 radical (unpaired) electrons. The largest absolute Gasteiger partial charge is 0.362 e. The van der Waals surface area contributed by atoms with Crippen molar-refractivity contribution in [2.24, 2.45) is 0 Å². The van der Waals surface area contributed by atoms with E-state index in [2.05, 4.69) is 11.0 Å². The Morgan fingerprint density at radius 3 is 2.16 bits per heavy atom. The van der Waals surface area contributed by atoms with Crippen molar-refractivity contribution >= 4 is 46.0 Å². The number of thiophene rings is 1. The fourth-order valence-corrected chi connectivity index (χ4v) is 6.52. The highest BCUT2D eigenvalue weighted by Crippen LogP contribution is 2.45. The summed E-state index contributed by atoms with van der Waals surface area (Å²) in [6.45, 7) is 6.11. The van der Waals surface area contributed by atoms with E-state index in [9.17, 15) is 29.7 Å². The second-order valence-electron chi connectivity index (χ2n) is 10.3. The Hall–Kier alpha value is -5.32. The van der Waals surface area contributed by atoms with Crippen LogP contribution in [0.5, 0.6) is 0 Å². The second kappa shape index (κ2) is 11.9. The lowest BCUT2D eigenvalue weighted by Gasteiger charge is -2.34. The molecular weight excluding hydrogens is 562 g/mol. The smallest absolute Gasteiger partial charge is 0.291 e. The molecule has 0 unspecified atom stereocenters. The summed E-state index contributed by atoms with van der Waals surface area (Å²) in [6.07, 6.45) is 3.55. The minimum Gasteiger partial charge on any atom is -0.362 e. The number of hydrogen-bond acceptors (Lipinski definition) is 8. The summed E-state index contributed by atoms with van der Waals surface area (Å²) in [5, 5.41) is 22.0. The molecule has 43 heavy (non-hydrogen) atoms. The van der Waals surface area contributed by atoms with E-state index in [1.807, 2.05) is 37.3 Å². The molecule has 2 aliphatic heterocycles. The van der Waals surface area contributed by atoms with Crippen LogP contribution in [-0.2, 0) is 14.4 Å². The molecule has 2 aromatic carbocycles. The number of rotatable bonds is 5. The summed E-state index contributed by atoms with van der Waals surface area (Å²) in [5.74, 6) is -3.75. The van der Waals surface area contributed by atoms with Crippen molar-refractivity contribution in [3.8, 4) is 23.3 Å². The maximum atomic E-state index is 14.1. The highest BCUT2D eigenvalue weighted by molar-refractivity contribution is 7.17. The molecule has 1 aromatic heterocycles. The molecule has 2 aliphatic rings. The van der Waals surface area contributed by atoms with Gasteiger partial charge in [-0.1, -0.05) is 48.0 Å². The molecule has 5 rings (SSSR count). The number of anilines is 1. The van der Waals surface area contributed by atoms with Crippen LogP contribution in [0.2, 0.25) is 0 Å². The van der Waals surface area contributed by atoms with Gasteiger partial charge in [-0.05, 0) is 56.0 Å². The van der Waals surface area contributed by atoms with Gasteiger partial charge >= 0.3 is 0 Å². The first-order valence-corrected chi connectivity index (χ1v) is 14.5. The zero-order chi connectivity index (χ0) is 30.8. The Kier molecular flexibility index (Phi) is 8.07. The Bertz CT molecular complexity index is 1800. The van der Waals surface area contributed by atoms with Gasteiger partial charge in [0.25, 0.3) is 17.7 Å². The molecule has 0 bridgehead atoms. The lowest BCUT2D eigenvalue weighted by atomic mass is 9.93. The van der Waals surface area contributed by atoms with E-state index in [1.54, 1.807) is 24.3 Å². The summed E-state index contributed by atoms with van der Waals surface area (Å²) in [6, 6.07) is 19.7. The van der Waals surface area contributed by atoms with Gasteiger partial charge in [0, 0.05) is 41.6 Å². The first kappa shape index (κ1) is 29.2. The summed E-state index contributed by atoms with van der Waals surface area (Å²) in [7, 11) is 0. The average molecular weight is 590 g/mol. The van der Waals surface area contributed by atoms with E-state index in [0.29, 0.717) is 26.0 Å². The molecule has 4 amide bonds. The number of nitrogens with zero attached hydrogens (tertiary/aromatic N) is 5. The van der Waals surface area contributed by atoms with Crippen molar-refractivity contribution in [3.63, 3.8) is 0 Å². The molecule has 3 aromatic rings. The highest BCUT2D eigenvalue weighted by atomic mass is 32.1. The van der Waals surface area contributed by atoms with Crippen LogP contribution in [0.3, 0.4) is 0 Å². The Labute approximate surface area is 253 Å². The van der Waals surface area contributed by atoms with Gasteiger partial charge < -0.3 is 4.90 Å². The van der Waals surface area contributed by atoms with Crippen molar-refractivity contribution in [2.45, 2.75) is 33.6 Å². The third-order valence-corrected chi connectivity index (χ3v) is 8.67. The Balaban J connectivity index is 1.71. The number of hydrogen-bond donors (Lipinski definition) is 0. The van der Waals surface area contributed by atoms with Crippen molar-refractivity contribution in [1.82, 2.24) is 10.0 Å². The first-order valence-electron chi connectivity index (χ1n) is 13.7. The quantitative estimate of drug-likeness (QED) is 0.288. The molecule has 0 N–H and O–H groups in total. The topological polar surface area (TPSA) is 126 Å². The van der Waals surface area contributed by atoms with Crippen LogP contribution in [0, 0.1) is 29.6 Å². The molecule has 214 valence electrons. The van der Waals surface area contributed by atoms with Crippen LogP contribution in [0.25, 0.3) is 17.2 Å². The zero-order valence-corrected chi connectivity index (χ0v) is 24.7. The number of amides is 4. The van der Waals surface area contributed by atoms with Gasteiger partial charge in [-0.15, -0.1) is 11.3 Å². The van der Waals surface area contributed by atoms with E-state index in [-0.39, 0.29) is 22.3 Å². The SMILES string of the molecule is CC(=O)N(C(=O)c1ccccc1)N1C(=O)C(C#N)=C(C)/C(=C/c2sc(N3CCCC3)c(C#N)c2-c2ccc(C)cc2)C1=O. The van der Waals surface area contributed by atoms with Gasteiger partial charge in [-0.2, -0.15) is 20.5 Å². The first-order chi connectivity index (χ1) is 20.7. The van der Waals surface area contributed by atoms with Crippen molar-refractivity contribution in [1.29, 1.82) is 10.5 Å². The lowest BCUT2D eigenvalue weighted by molar-refractivity contribution is -0.163. The second-order valence-corrected chi connectivity index (χ2v) is 11.3. The van der Waals surface area contributed by atoms with Crippen molar-refractivity contribution < 1.29 is 19.2 Å². The Morgan fingerprint density at radius 2 is 1.58 bits per heavy atom. The number of aryl methyl sites for hydroxylation is 1. The van der Waals surface area contributed by atoms with Crippen LogP contribution in [0.15, 0.2) is 71.3 Å². The van der Waals surface area contributed by atoms with Crippen molar-refractivity contribution in [3.05, 3.63) is 92.9 Å². The number of carbonyl (C=O) groups excluding carboxylic acids is 4. The Morgan fingerprint density at radius 1 is 0.930 bits per heavy atom. The lowest BCUT2D eigenvalue weighted by Crippen LogP contribution is -2.57. The average Bonchev–Trinajstić information content (AvgIpc) is 3.66. The fraction of sp³-hybridized carbons (Fsp3) is 0.212. The third kappa shape index (κ3) is 5.25. The monoisotopic (exact) mass is 589 g/mol. The van der Waals surface area contributed by atoms with E-state index in [4.69, 9.17) is 0 Å². The van der Waals surface area contributed by atoms with Crippen LogP contribution in [0.4, 0.5) is 5.00 Å². The number of benzene rings is 2. The summed E-state index contributed by atoms with van der Waals surface area (Å²) >= 11 is 1.35. The minimum atomic E-state index is -1.07. The summed E-state index contributed by atoms with van der Waals surface area (Å²) in [4.78, 5) is 56.5. The predicted molar refractivity (Wildman–Crippen MR) is 162 cm³/mol. The van der Waals surface area contributed by atoms with Gasteiger partial charge in [-0.25, -0.2) is 0 Å². The fourth-order valence-electron chi connectivity index (χ4n) is 5.25. The molecular formula is C33H27N5O4S. The summed E-state index contributed by atoms with van der Waals surface area (Å²) in [5.41, 5.74) is 2.73. The molecule has 1 saturated heterocycles. The molecule has 0 aliphatic carbocycles. The molecule has 0 spiro atoms. The summed E-state index contributed by atoms with van der Waals surface area (Å²) < 4.78 is 0. The molecule has 0 atom stereocenters. The third-order valence-electron chi connectivity index (χ3n) is 7.47. The molecule has 1 fully saturated rings. The van der Waals surface area contributed by atoms with Crippen LogP contribution in [-0.4, -0.2) is 46.7 Å². The minimum absolute atomic E-state index is 0.0321. The van der Waals surface area contributed by atoms with E-state index >= 15 is 0 Å². The number of nitriles is 2. The number of carbonyl (C=O) groups is 4. The van der Waals surface area contributed by atoms with Crippen LogP contribution in [0.1, 0.15) is 53.1 Å². The maximum absolute atomic E-state index is 14.1. The molecule has 9 nitrogen and oxygen atoms in total. The van der Waals surface area contributed by atoms with Gasteiger partial charge in [0.1, 0.15) is 22.7 Å². The van der Waals surface area contributed by atoms with Crippen LogP contribution < -0.4 is 4.90 Å². The number of hydrazine groups is 1. The standard InChI is InChI=1S/C33H27N5O4S/c1-20-11-13-23(14-12-20)29-27(19-35)33(36-15-7-8-16-36)43-28(29)17-25-21(2)26(18-34)32(42)38(31(25)41)37(22(3)39)30(40)24-9-5-4-6-10-24/h4-6,9-14,17H,7-8,15-16H2,1-3H3/b25-17-. The molecule has 3 heterocycles. The number of imide groups is 2.